The number of nitro groups is 1. The normalized spacial score (nSPS) is 16.6. The minimum atomic E-state index is -0.838. The Morgan fingerprint density at radius 3 is 2.24 bits per heavy atom. The van der Waals surface area contributed by atoms with Crippen molar-refractivity contribution in [3.63, 3.8) is 0 Å². The molecule has 1 aromatic carbocycles. The van der Waals surface area contributed by atoms with Crippen molar-refractivity contribution >= 4 is 17.6 Å². The summed E-state index contributed by atoms with van der Waals surface area (Å²) >= 11 is 0. The highest BCUT2D eigenvalue weighted by Gasteiger charge is 2.38. The number of rotatable bonds is 7. The van der Waals surface area contributed by atoms with E-state index in [0.717, 1.165) is 0 Å². The SMILES string of the molecule is CCOC(=O)C1=C(C)NC(C)=C(C(=O)OCC(C)C)C1c1cccc([N+](=O)[O-])c1. The Morgan fingerprint density at radius 1 is 1.14 bits per heavy atom. The zero-order valence-corrected chi connectivity index (χ0v) is 17.3. The molecule has 1 aromatic rings. The Balaban J connectivity index is 2.62. The number of dihydropyridines is 1. The van der Waals surface area contributed by atoms with E-state index in [-0.39, 0.29) is 36.0 Å². The summed E-state index contributed by atoms with van der Waals surface area (Å²) in [6, 6.07) is 5.91. The van der Waals surface area contributed by atoms with Crippen molar-refractivity contribution in [2.75, 3.05) is 13.2 Å². The van der Waals surface area contributed by atoms with Crippen LogP contribution in [0.25, 0.3) is 0 Å². The number of esters is 2. The molecule has 0 amide bonds. The fourth-order valence-electron chi connectivity index (χ4n) is 3.22. The summed E-state index contributed by atoms with van der Waals surface area (Å²) in [4.78, 5) is 36.4. The maximum Gasteiger partial charge on any atom is 0.336 e. The van der Waals surface area contributed by atoms with Gasteiger partial charge in [-0.05, 0) is 32.3 Å². The molecule has 2 rings (SSSR count). The van der Waals surface area contributed by atoms with Gasteiger partial charge in [-0.1, -0.05) is 26.0 Å². The molecule has 0 radical (unpaired) electrons. The lowest BCUT2D eigenvalue weighted by Gasteiger charge is -2.30. The monoisotopic (exact) mass is 402 g/mol. The average molecular weight is 402 g/mol. The third-order valence-corrected chi connectivity index (χ3v) is 4.44. The first kappa shape index (κ1) is 22.1. The largest absolute Gasteiger partial charge is 0.463 e. The Bertz CT molecular complexity index is 885. The molecule has 1 unspecified atom stereocenters. The molecule has 0 aliphatic carbocycles. The van der Waals surface area contributed by atoms with Gasteiger partial charge in [0.05, 0.1) is 35.2 Å². The maximum atomic E-state index is 12.9. The molecular weight excluding hydrogens is 376 g/mol. The molecule has 0 saturated carbocycles. The molecule has 156 valence electrons. The van der Waals surface area contributed by atoms with E-state index in [1.54, 1.807) is 26.8 Å². The van der Waals surface area contributed by atoms with Crippen LogP contribution in [0, 0.1) is 16.0 Å². The van der Waals surface area contributed by atoms with E-state index in [0.29, 0.717) is 17.0 Å². The smallest absolute Gasteiger partial charge is 0.336 e. The minimum absolute atomic E-state index is 0.130. The number of carbonyl (C=O) groups excluding carboxylic acids is 2. The minimum Gasteiger partial charge on any atom is -0.463 e. The molecule has 1 heterocycles. The van der Waals surface area contributed by atoms with Gasteiger partial charge >= 0.3 is 11.9 Å². The average Bonchev–Trinajstić information content (AvgIpc) is 2.65. The van der Waals surface area contributed by atoms with Crippen molar-refractivity contribution in [2.24, 2.45) is 5.92 Å². The molecule has 1 aliphatic rings. The molecule has 1 N–H and O–H groups in total. The van der Waals surface area contributed by atoms with Crippen LogP contribution in [-0.4, -0.2) is 30.1 Å². The van der Waals surface area contributed by atoms with Gasteiger partial charge in [-0.15, -0.1) is 0 Å². The summed E-state index contributed by atoms with van der Waals surface area (Å²) in [5.74, 6) is -1.87. The van der Waals surface area contributed by atoms with E-state index in [1.165, 1.54) is 18.2 Å². The molecule has 1 aliphatic heterocycles. The van der Waals surface area contributed by atoms with Crippen molar-refractivity contribution < 1.29 is 24.0 Å². The number of benzene rings is 1. The lowest BCUT2D eigenvalue weighted by molar-refractivity contribution is -0.384. The first-order valence-corrected chi connectivity index (χ1v) is 9.44. The first-order chi connectivity index (χ1) is 13.7. The molecule has 29 heavy (non-hydrogen) atoms. The fourth-order valence-corrected chi connectivity index (χ4v) is 3.22. The van der Waals surface area contributed by atoms with Crippen molar-refractivity contribution in [1.82, 2.24) is 5.32 Å². The Morgan fingerprint density at radius 2 is 1.72 bits per heavy atom. The molecule has 0 bridgehead atoms. The molecule has 0 aromatic heterocycles. The van der Waals surface area contributed by atoms with E-state index in [4.69, 9.17) is 9.47 Å². The Kier molecular flexibility index (Phi) is 7.14. The van der Waals surface area contributed by atoms with Crippen LogP contribution >= 0.6 is 0 Å². The van der Waals surface area contributed by atoms with Gasteiger partial charge in [0.1, 0.15) is 0 Å². The van der Waals surface area contributed by atoms with E-state index >= 15 is 0 Å². The van der Waals surface area contributed by atoms with E-state index < -0.39 is 22.8 Å². The predicted octanol–water partition coefficient (Wildman–Crippen LogP) is 3.59. The number of hydrogen-bond donors (Lipinski definition) is 1. The van der Waals surface area contributed by atoms with Gasteiger partial charge in [0.2, 0.25) is 0 Å². The number of ether oxygens (including phenoxy) is 2. The summed E-state index contributed by atoms with van der Waals surface area (Å²) < 4.78 is 10.6. The van der Waals surface area contributed by atoms with Gasteiger partial charge in [0, 0.05) is 23.5 Å². The number of carbonyl (C=O) groups is 2. The summed E-state index contributed by atoms with van der Waals surface area (Å²) in [5.41, 5.74) is 1.83. The molecule has 0 spiro atoms. The molecule has 0 fully saturated rings. The maximum absolute atomic E-state index is 12.9. The third-order valence-electron chi connectivity index (χ3n) is 4.44. The van der Waals surface area contributed by atoms with Gasteiger partial charge in [-0.2, -0.15) is 0 Å². The van der Waals surface area contributed by atoms with Crippen molar-refractivity contribution in [1.29, 1.82) is 0 Å². The summed E-state index contributed by atoms with van der Waals surface area (Å²) in [6.45, 7) is 9.31. The summed E-state index contributed by atoms with van der Waals surface area (Å²) in [6.07, 6.45) is 0. The zero-order chi connectivity index (χ0) is 21.7. The lowest BCUT2D eigenvalue weighted by atomic mass is 9.80. The summed E-state index contributed by atoms with van der Waals surface area (Å²) in [5, 5.41) is 14.3. The number of allylic oxidation sites excluding steroid dienone is 2. The second-order valence-corrected chi connectivity index (χ2v) is 7.20. The Labute approximate surface area is 169 Å². The van der Waals surface area contributed by atoms with Crippen molar-refractivity contribution in [3.8, 4) is 0 Å². The summed E-state index contributed by atoms with van der Waals surface area (Å²) in [7, 11) is 0. The van der Waals surface area contributed by atoms with Crippen LogP contribution in [0.5, 0.6) is 0 Å². The van der Waals surface area contributed by atoms with Gasteiger partial charge < -0.3 is 14.8 Å². The number of non-ortho nitro benzene ring substituents is 1. The van der Waals surface area contributed by atoms with Gasteiger partial charge in [0.25, 0.3) is 5.69 Å². The van der Waals surface area contributed by atoms with E-state index in [9.17, 15) is 19.7 Å². The molecule has 1 atom stereocenters. The van der Waals surface area contributed by atoms with Crippen LogP contribution in [0.2, 0.25) is 0 Å². The second kappa shape index (κ2) is 9.36. The van der Waals surface area contributed by atoms with Gasteiger partial charge in [0.15, 0.2) is 0 Å². The number of nitrogens with zero attached hydrogens (tertiary/aromatic N) is 1. The van der Waals surface area contributed by atoms with Gasteiger partial charge in [-0.3, -0.25) is 10.1 Å². The number of nitro benzene ring substituents is 1. The Hall–Kier alpha value is -3.16. The van der Waals surface area contributed by atoms with Gasteiger partial charge in [-0.25, -0.2) is 9.59 Å². The zero-order valence-electron chi connectivity index (χ0n) is 17.3. The van der Waals surface area contributed by atoms with Crippen molar-refractivity contribution in [2.45, 2.75) is 40.5 Å². The highest BCUT2D eigenvalue weighted by molar-refractivity contribution is 5.99. The van der Waals surface area contributed by atoms with Crippen LogP contribution in [0.4, 0.5) is 5.69 Å². The van der Waals surface area contributed by atoms with Crippen LogP contribution in [0.3, 0.4) is 0 Å². The van der Waals surface area contributed by atoms with Crippen LogP contribution in [0.15, 0.2) is 46.8 Å². The lowest BCUT2D eigenvalue weighted by Crippen LogP contribution is -2.32. The number of nitrogens with one attached hydrogen (secondary N) is 1. The fraction of sp³-hybridized carbons (Fsp3) is 0.429. The first-order valence-electron chi connectivity index (χ1n) is 9.44. The highest BCUT2D eigenvalue weighted by atomic mass is 16.6. The van der Waals surface area contributed by atoms with E-state index in [2.05, 4.69) is 5.32 Å². The predicted molar refractivity (Wildman–Crippen MR) is 107 cm³/mol. The standard InChI is InChI=1S/C21H26N2O6/c1-6-28-20(24)17-13(4)22-14(5)18(21(25)29-11-12(2)3)19(17)15-8-7-9-16(10-15)23(26)27/h7-10,12,19,22H,6,11H2,1-5H3. The van der Waals surface area contributed by atoms with Crippen molar-refractivity contribution in [3.05, 3.63) is 62.5 Å². The van der Waals surface area contributed by atoms with Crippen LogP contribution in [0.1, 0.15) is 46.1 Å². The molecule has 8 nitrogen and oxygen atoms in total. The quantitative estimate of drug-likeness (QED) is 0.422. The van der Waals surface area contributed by atoms with E-state index in [1.807, 2.05) is 13.8 Å². The molecule has 0 saturated heterocycles. The molecule has 8 heteroatoms. The van der Waals surface area contributed by atoms with Crippen LogP contribution < -0.4 is 5.32 Å². The topological polar surface area (TPSA) is 108 Å². The second-order valence-electron chi connectivity index (χ2n) is 7.20. The van der Waals surface area contributed by atoms with Crippen LogP contribution in [-0.2, 0) is 19.1 Å². The molecular formula is C21H26N2O6. The third kappa shape index (κ3) is 5.01. The highest BCUT2D eigenvalue weighted by Crippen LogP contribution is 2.40. The number of hydrogen-bond acceptors (Lipinski definition) is 7.